The van der Waals surface area contributed by atoms with Crippen LogP contribution in [0.25, 0.3) is 10.6 Å². The number of nitrogens with zero attached hydrogens (tertiary/aromatic N) is 1. The highest BCUT2D eigenvalue weighted by Crippen LogP contribution is 2.32. The van der Waals surface area contributed by atoms with Gasteiger partial charge in [-0.25, -0.2) is 4.98 Å². The van der Waals surface area contributed by atoms with E-state index in [0.29, 0.717) is 15.9 Å². The van der Waals surface area contributed by atoms with Gasteiger partial charge in [-0.15, -0.1) is 22.7 Å². The average Bonchev–Trinajstić information content (AvgIpc) is 3.24. The van der Waals surface area contributed by atoms with Crippen LogP contribution in [0.2, 0.25) is 4.34 Å². The Kier molecular flexibility index (Phi) is 6.38. The molecule has 0 radical (unpaired) electrons. The van der Waals surface area contributed by atoms with Crippen molar-refractivity contribution in [3.63, 3.8) is 0 Å². The van der Waals surface area contributed by atoms with E-state index in [1.165, 1.54) is 22.7 Å². The smallest absolute Gasteiger partial charge is 0.227 e. The number of benzene rings is 1. The average molecular weight is 406 g/mol. The number of halogens is 1. The number of amides is 2. The van der Waals surface area contributed by atoms with Crippen molar-refractivity contribution < 1.29 is 9.59 Å². The molecule has 0 fully saturated rings. The summed E-state index contributed by atoms with van der Waals surface area (Å²) in [7, 11) is 0. The van der Waals surface area contributed by atoms with E-state index in [0.717, 1.165) is 16.1 Å². The van der Waals surface area contributed by atoms with Gasteiger partial charge in [0, 0.05) is 18.3 Å². The summed E-state index contributed by atoms with van der Waals surface area (Å²) in [5.41, 5.74) is 1.73. The fraction of sp³-hybridized carbons (Fsp3) is 0.167. The van der Waals surface area contributed by atoms with Crippen molar-refractivity contribution in [2.45, 2.75) is 12.8 Å². The number of hydrogen-bond acceptors (Lipinski definition) is 5. The number of thiazole rings is 1. The molecule has 3 rings (SSSR count). The zero-order valence-electron chi connectivity index (χ0n) is 13.7. The van der Waals surface area contributed by atoms with Crippen molar-refractivity contribution >= 4 is 51.2 Å². The van der Waals surface area contributed by atoms with E-state index < -0.39 is 0 Å². The third kappa shape index (κ3) is 5.39. The summed E-state index contributed by atoms with van der Waals surface area (Å²) in [5, 5.41) is 7.91. The molecule has 0 spiro atoms. The van der Waals surface area contributed by atoms with Crippen molar-refractivity contribution in [3.8, 4) is 10.6 Å². The quantitative estimate of drug-likeness (QED) is 0.618. The minimum Gasteiger partial charge on any atom is -0.355 e. The van der Waals surface area contributed by atoms with Gasteiger partial charge in [-0.2, -0.15) is 0 Å². The van der Waals surface area contributed by atoms with Gasteiger partial charge in [0.2, 0.25) is 11.8 Å². The summed E-state index contributed by atoms with van der Waals surface area (Å²) < 4.78 is 0.699. The van der Waals surface area contributed by atoms with Gasteiger partial charge < -0.3 is 10.6 Å². The zero-order chi connectivity index (χ0) is 18.4. The number of rotatable bonds is 7. The van der Waals surface area contributed by atoms with Gasteiger partial charge in [0.25, 0.3) is 0 Å². The molecule has 2 N–H and O–H groups in total. The van der Waals surface area contributed by atoms with Crippen LogP contribution >= 0.6 is 34.3 Å². The maximum atomic E-state index is 12.0. The molecule has 2 aromatic heterocycles. The molecule has 2 amide bonds. The van der Waals surface area contributed by atoms with Crippen molar-refractivity contribution in [2.75, 3.05) is 11.9 Å². The lowest BCUT2D eigenvalue weighted by Gasteiger charge is -2.05. The first-order valence-corrected chi connectivity index (χ1v) is 9.99. The highest BCUT2D eigenvalue weighted by Gasteiger charge is 2.10. The van der Waals surface area contributed by atoms with E-state index in [4.69, 9.17) is 11.6 Å². The van der Waals surface area contributed by atoms with E-state index in [1.807, 2.05) is 47.8 Å². The second-order valence-corrected chi connectivity index (χ2v) is 8.03. The molecule has 0 saturated carbocycles. The summed E-state index contributed by atoms with van der Waals surface area (Å²) in [6, 6.07) is 13.2. The molecule has 3 aromatic rings. The lowest BCUT2D eigenvalue weighted by Crippen LogP contribution is -2.28. The Hall–Kier alpha value is -2.22. The predicted octanol–water partition coefficient (Wildman–Crippen LogP) is 4.21. The molecular formula is C18H16ClN3O2S2. The fourth-order valence-electron chi connectivity index (χ4n) is 2.24. The molecule has 5 nitrogen and oxygen atoms in total. The number of nitrogens with one attached hydrogen (secondary N) is 2. The molecule has 0 atom stereocenters. The van der Waals surface area contributed by atoms with Crippen molar-refractivity contribution in [3.05, 3.63) is 57.7 Å². The fourth-order valence-corrected chi connectivity index (χ4v) is 4.04. The first kappa shape index (κ1) is 18.6. The van der Waals surface area contributed by atoms with Gasteiger partial charge in [-0.3, -0.25) is 9.59 Å². The maximum absolute atomic E-state index is 12.0. The number of carbonyl (C=O) groups excluding carboxylic acids is 2. The summed E-state index contributed by atoms with van der Waals surface area (Å²) in [4.78, 5) is 29.2. The molecule has 0 aliphatic heterocycles. The SMILES string of the molecule is O=C(Cc1ccccc1)NCCC(=O)Nc1nc(-c2ccc(Cl)s2)cs1. The normalized spacial score (nSPS) is 10.5. The summed E-state index contributed by atoms with van der Waals surface area (Å²) in [5.74, 6) is -0.287. The van der Waals surface area contributed by atoms with Gasteiger partial charge in [0.15, 0.2) is 5.13 Å². The molecule has 1 aromatic carbocycles. The van der Waals surface area contributed by atoms with Crippen LogP contribution in [0.5, 0.6) is 0 Å². The third-order valence-electron chi connectivity index (χ3n) is 3.46. The summed E-state index contributed by atoms with van der Waals surface area (Å²) in [6.07, 6.45) is 0.502. The van der Waals surface area contributed by atoms with Gasteiger partial charge in [0.05, 0.1) is 21.3 Å². The number of thiophene rings is 1. The Morgan fingerprint density at radius 3 is 2.62 bits per heavy atom. The van der Waals surface area contributed by atoms with Crippen molar-refractivity contribution in [1.29, 1.82) is 0 Å². The van der Waals surface area contributed by atoms with E-state index in [1.54, 1.807) is 0 Å². The van der Waals surface area contributed by atoms with Crippen LogP contribution in [0.15, 0.2) is 47.8 Å². The predicted molar refractivity (Wildman–Crippen MR) is 107 cm³/mol. The highest BCUT2D eigenvalue weighted by atomic mass is 35.5. The van der Waals surface area contributed by atoms with Gasteiger partial charge in [-0.05, 0) is 17.7 Å². The van der Waals surface area contributed by atoms with Crippen LogP contribution in [0.4, 0.5) is 5.13 Å². The molecule has 0 unspecified atom stereocenters. The highest BCUT2D eigenvalue weighted by molar-refractivity contribution is 7.20. The Bertz CT molecular complexity index is 893. The maximum Gasteiger partial charge on any atom is 0.227 e. The minimum absolute atomic E-state index is 0.102. The Morgan fingerprint density at radius 1 is 1.08 bits per heavy atom. The molecule has 0 saturated heterocycles. The van der Waals surface area contributed by atoms with Crippen molar-refractivity contribution in [2.24, 2.45) is 0 Å². The minimum atomic E-state index is -0.185. The van der Waals surface area contributed by atoms with Crippen LogP contribution in [0.1, 0.15) is 12.0 Å². The summed E-state index contributed by atoms with van der Waals surface area (Å²) in [6.45, 7) is 0.288. The van der Waals surface area contributed by atoms with E-state index in [9.17, 15) is 9.59 Å². The molecule has 8 heteroatoms. The molecule has 26 heavy (non-hydrogen) atoms. The zero-order valence-corrected chi connectivity index (χ0v) is 16.1. The van der Waals surface area contributed by atoms with Gasteiger partial charge in [0.1, 0.15) is 0 Å². The number of aromatic nitrogens is 1. The Morgan fingerprint density at radius 2 is 1.88 bits per heavy atom. The lowest BCUT2D eigenvalue weighted by atomic mass is 10.1. The molecule has 134 valence electrons. The molecule has 2 heterocycles. The largest absolute Gasteiger partial charge is 0.355 e. The van der Waals surface area contributed by atoms with E-state index >= 15 is 0 Å². The first-order valence-electron chi connectivity index (χ1n) is 7.92. The molecule has 0 bridgehead atoms. The van der Waals surface area contributed by atoms with E-state index in [2.05, 4.69) is 15.6 Å². The van der Waals surface area contributed by atoms with Crippen LogP contribution in [-0.2, 0) is 16.0 Å². The van der Waals surface area contributed by atoms with E-state index in [-0.39, 0.29) is 24.8 Å². The molecule has 0 aliphatic rings. The Balaban J connectivity index is 1.42. The third-order valence-corrected chi connectivity index (χ3v) is 5.47. The van der Waals surface area contributed by atoms with Crippen LogP contribution in [-0.4, -0.2) is 23.3 Å². The van der Waals surface area contributed by atoms with Crippen LogP contribution in [0.3, 0.4) is 0 Å². The molecular weight excluding hydrogens is 390 g/mol. The topological polar surface area (TPSA) is 71.1 Å². The monoisotopic (exact) mass is 405 g/mol. The van der Waals surface area contributed by atoms with Crippen molar-refractivity contribution in [1.82, 2.24) is 10.3 Å². The van der Waals surface area contributed by atoms with Gasteiger partial charge >= 0.3 is 0 Å². The summed E-state index contributed by atoms with van der Waals surface area (Å²) >= 11 is 8.72. The second-order valence-electron chi connectivity index (χ2n) is 5.45. The lowest BCUT2D eigenvalue weighted by molar-refractivity contribution is -0.120. The van der Waals surface area contributed by atoms with Crippen LogP contribution in [0, 0.1) is 0 Å². The second kappa shape index (κ2) is 8.93. The van der Waals surface area contributed by atoms with Gasteiger partial charge in [-0.1, -0.05) is 41.9 Å². The van der Waals surface area contributed by atoms with Crippen LogP contribution < -0.4 is 10.6 Å². The number of anilines is 1. The molecule has 0 aliphatic carbocycles. The number of carbonyl (C=O) groups is 2. The first-order chi connectivity index (χ1) is 12.6. The standard InChI is InChI=1S/C18H16ClN3O2S2/c19-15-7-6-14(26-15)13-11-25-18(21-13)22-16(23)8-9-20-17(24)10-12-4-2-1-3-5-12/h1-7,11H,8-10H2,(H,20,24)(H,21,22,23). The Labute approximate surface area is 164 Å². The number of hydrogen-bond donors (Lipinski definition) is 2.